The highest BCUT2D eigenvalue weighted by Gasteiger charge is 2.28. The molecule has 2 aromatic rings. The van der Waals surface area contributed by atoms with Gasteiger partial charge in [0.05, 0.1) is 5.52 Å². The van der Waals surface area contributed by atoms with Crippen LogP contribution in [0, 0.1) is 0 Å². The first-order valence-corrected chi connectivity index (χ1v) is 9.27. The SMILES string of the molecule is Cn1cc(C2CCN(C(=O)OC(C)(C)C)CC2)c2cccc(Br)c21. The molecule has 2 heterocycles. The van der Waals surface area contributed by atoms with E-state index in [9.17, 15) is 4.79 Å². The molecule has 0 radical (unpaired) electrons. The Morgan fingerprint density at radius 2 is 1.92 bits per heavy atom. The van der Waals surface area contributed by atoms with E-state index in [1.165, 1.54) is 16.5 Å². The summed E-state index contributed by atoms with van der Waals surface area (Å²) < 4.78 is 8.80. The molecule has 1 saturated heterocycles. The molecule has 0 saturated carbocycles. The zero-order valence-electron chi connectivity index (χ0n) is 14.8. The highest BCUT2D eigenvalue weighted by atomic mass is 79.9. The standard InChI is InChI=1S/C19H25BrN2O2/c1-19(2,3)24-18(23)22-10-8-13(9-11-22)15-12-21(4)17-14(15)6-5-7-16(17)20/h5-7,12-13H,8-11H2,1-4H3. The average Bonchev–Trinajstić information content (AvgIpc) is 2.84. The summed E-state index contributed by atoms with van der Waals surface area (Å²) in [4.78, 5) is 14.0. The number of aryl methyl sites for hydroxylation is 1. The molecule has 1 amide bonds. The smallest absolute Gasteiger partial charge is 0.410 e. The molecule has 1 fully saturated rings. The van der Waals surface area contributed by atoms with Gasteiger partial charge in [0.25, 0.3) is 0 Å². The van der Waals surface area contributed by atoms with E-state index in [4.69, 9.17) is 4.74 Å². The van der Waals surface area contributed by atoms with Gasteiger partial charge in [0, 0.05) is 36.2 Å². The summed E-state index contributed by atoms with van der Waals surface area (Å²) in [6.07, 6.45) is 4.00. The third kappa shape index (κ3) is 3.46. The van der Waals surface area contributed by atoms with Crippen LogP contribution in [-0.4, -0.2) is 34.3 Å². The topological polar surface area (TPSA) is 34.5 Å². The second-order valence-corrected chi connectivity index (χ2v) is 8.43. The predicted octanol–water partition coefficient (Wildman–Crippen LogP) is 5.06. The van der Waals surface area contributed by atoms with Gasteiger partial charge in [0.1, 0.15) is 5.60 Å². The fourth-order valence-electron chi connectivity index (χ4n) is 3.47. The van der Waals surface area contributed by atoms with Crippen LogP contribution in [0.25, 0.3) is 10.9 Å². The number of rotatable bonds is 1. The minimum absolute atomic E-state index is 0.193. The zero-order valence-corrected chi connectivity index (χ0v) is 16.4. The van der Waals surface area contributed by atoms with Crippen molar-refractivity contribution in [2.45, 2.75) is 45.1 Å². The van der Waals surface area contributed by atoms with Gasteiger partial charge in [0.15, 0.2) is 0 Å². The number of para-hydroxylation sites is 1. The van der Waals surface area contributed by atoms with Crippen molar-refractivity contribution in [1.82, 2.24) is 9.47 Å². The number of fused-ring (bicyclic) bond motifs is 1. The van der Waals surface area contributed by atoms with Crippen LogP contribution in [0.2, 0.25) is 0 Å². The molecule has 1 aliphatic rings. The first kappa shape index (κ1) is 17.3. The van der Waals surface area contributed by atoms with E-state index < -0.39 is 5.60 Å². The molecule has 0 spiro atoms. The van der Waals surface area contributed by atoms with Crippen LogP contribution in [-0.2, 0) is 11.8 Å². The van der Waals surface area contributed by atoms with Crippen LogP contribution in [0.15, 0.2) is 28.9 Å². The third-order valence-corrected chi connectivity index (χ3v) is 5.21. The number of aromatic nitrogens is 1. The lowest BCUT2D eigenvalue weighted by atomic mass is 9.89. The molecule has 3 rings (SSSR count). The van der Waals surface area contributed by atoms with E-state index in [1.54, 1.807) is 0 Å². The van der Waals surface area contributed by atoms with Crippen molar-refractivity contribution in [1.29, 1.82) is 0 Å². The molecular weight excluding hydrogens is 368 g/mol. The van der Waals surface area contributed by atoms with Gasteiger partial charge in [-0.1, -0.05) is 12.1 Å². The summed E-state index contributed by atoms with van der Waals surface area (Å²) in [5.74, 6) is 0.488. The van der Waals surface area contributed by atoms with Gasteiger partial charge in [-0.05, 0) is 67.1 Å². The number of ether oxygens (including phenoxy) is 1. The third-order valence-electron chi connectivity index (χ3n) is 4.57. The van der Waals surface area contributed by atoms with Crippen LogP contribution in [0.4, 0.5) is 4.79 Å². The molecule has 0 N–H and O–H groups in total. The summed E-state index contributed by atoms with van der Waals surface area (Å²) in [6, 6.07) is 6.36. The molecule has 130 valence electrons. The van der Waals surface area contributed by atoms with Gasteiger partial charge >= 0.3 is 6.09 Å². The van der Waals surface area contributed by atoms with E-state index in [-0.39, 0.29) is 6.09 Å². The number of likely N-dealkylation sites (tertiary alicyclic amines) is 1. The lowest BCUT2D eigenvalue weighted by Gasteiger charge is -2.33. The Morgan fingerprint density at radius 3 is 2.54 bits per heavy atom. The average molecular weight is 393 g/mol. The van der Waals surface area contributed by atoms with E-state index in [0.29, 0.717) is 5.92 Å². The molecule has 1 aliphatic heterocycles. The van der Waals surface area contributed by atoms with Crippen molar-refractivity contribution < 1.29 is 9.53 Å². The number of nitrogens with zero attached hydrogens (tertiary/aromatic N) is 2. The number of halogens is 1. The molecule has 24 heavy (non-hydrogen) atoms. The Morgan fingerprint density at radius 1 is 1.25 bits per heavy atom. The number of carbonyl (C=O) groups is 1. The highest BCUT2D eigenvalue weighted by molar-refractivity contribution is 9.10. The van der Waals surface area contributed by atoms with E-state index in [2.05, 4.69) is 51.9 Å². The molecule has 0 unspecified atom stereocenters. The first-order chi connectivity index (χ1) is 11.3. The normalized spacial score (nSPS) is 16.6. The highest BCUT2D eigenvalue weighted by Crippen LogP contribution is 2.36. The summed E-state index contributed by atoms with van der Waals surface area (Å²) in [6.45, 7) is 7.23. The van der Waals surface area contributed by atoms with Crippen LogP contribution in [0.1, 0.15) is 45.1 Å². The molecule has 0 aliphatic carbocycles. The van der Waals surface area contributed by atoms with E-state index in [1.807, 2.05) is 25.7 Å². The number of hydrogen-bond donors (Lipinski definition) is 0. The minimum Gasteiger partial charge on any atom is -0.444 e. The number of carbonyl (C=O) groups excluding carboxylic acids is 1. The molecular formula is C19H25BrN2O2. The summed E-state index contributed by atoms with van der Waals surface area (Å²) in [5, 5.41) is 1.31. The summed E-state index contributed by atoms with van der Waals surface area (Å²) in [5.41, 5.74) is 2.19. The Bertz CT molecular complexity index is 753. The summed E-state index contributed by atoms with van der Waals surface area (Å²) >= 11 is 3.65. The largest absolute Gasteiger partial charge is 0.444 e. The zero-order chi connectivity index (χ0) is 17.5. The van der Waals surface area contributed by atoms with Crippen LogP contribution < -0.4 is 0 Å². The Balaban J connectivity index is 1.74. The molecule has 0 atom stereocenters. The molecule has 5 heteroatoms. The molecule has 4 nitrogen and oxygen atoms in total. The predicted molar refractivity (Wildman–Crippen MR) is 100 cm³/mol. The van der Waals surface area contributed by atoms with Crippen molar-refractivity contribution >= 4 is 32.9 Å². The van der Waals surface area contributed by atoms with Gasteiger partial charge < -0.3 is 14.2 Å². The van der Waals surface area contributed by atoms with Gasteiger partial charge in [-0.2, -0.15) is 0 Å². The second-order valence-electron chi connectivity index (χ2n) is 7.57. The van der Waals surface area contributed by atoms with Crippen molar-refractivity contribution in [3.05, 3.63) is 34.4 Å². The van der Waals surface area contributed by atoms with Crippen LogP contribution >= 0.6 is 15.9 Å². The lowest BCUT2D eigenvalue weighted by Crippen LogP contribution is -2.41. The lowest BCUT2D eigenvalue weighted by molar-refractivity contribution is 0.0205. The fraction of sp³-hybridized carbons (Fsp3) is 0.526. The summed E-state index contributed by atoms with van der Waals surface area (Å²) in [7, 11) is 2.09. The number of piperidine rings is 1. The Kier molecular flexibility index (Phi) is 4.65. The van der Waals surface area contributed by atoms with Crippen molar-refractivity contribution in [2.24, 2.45) is 7.05 Å². The monoisotopic (exact) mass is 392 g/mol. The van der Waals surface area contributed by atoms with Gasteiger partial charge in [-0.25, -0.2) is 4.79 Å². The van der Waals surface area contributed by atoms with Gasteiger partial charge in [-0.15, -0.1) is 0 Å². The maximum atomic E-state index is 12.2. The van der Waals surface area contributed by atoms with Gasteiger partial charge in [-0.3, -0.25) is 0 Å². The van der Waals surface area contributed by atoms with Crippen LogP contribution in [0.5, 0.6) is 0 Å². The van der Waals surface area contributed by atoms with E-state index >= 15 is 0 Å². The molecule has 1 aromatic carbocycles. The van der Waals surface area contributed by atoms with Crippen LogP contribution in [0.3, 0.4) is 0 Å². The number of hydrogen-bond acceptors (Lipinski definition) is 2. The van der Waals surface area contributed by atoms with Crippen molar-refractivity contribution in [2.75, 3.05) is 13.1 Å². The Labute approximate surface area is 151 Å². The number of amides is 1. The van der Waals surface area contributed by atoms with E-state index in [0.717, 1.165) is 30.4 Å². The Hall–Kier alpha value is -1.49. The quantitative estimate of drug-likeness (QED) is 0.679. The second kappa shape index (κ2) is 6.43. The van der Waals surface area contributed by atoms with Crippen molar-refractivity contribution in [3.63, 3.8) is 0 Å². The number of benzene rings is 1. The minimum atomic E-state index is -0.435. The molecule has 1 aromatic heterocycles. The van der Waals surface area contributed by atoms with Gasteiger partial charge in [0.2, 0.25) is 0 Å². The fourth-order valence-corrected chi connectivity index (χ4v) is 4.12. The molecule has 0 bridgehead atoms. The van der Waals surface area contributed by atoms with Crippen molar-refractivity contribution in [3.8, 4) is 0 Å². The maximum absolute atomic E-state index is 12.2. The maximum Gasteiger partial charge on any atom is 0.410 e. The first-order valence-electron chi connectivity index (χ1n) is 8.47.